The van der Waals surface area contributed by atoms with E-state index in [0.29, 0.717) is 28.3 Å². The first-order chi connectivity index (χ1) is 16.3. The smallest absolute Gasteiger partial charge is 0.277 e. The molecule has 178 valence electrons. The van der Waals surface area contributed by atoms with E-state index in [1.165, 1.54) is 30.5 Å². The predicted molar refractivity (Wildman–Crippen MR) is 123 cm³/mol. The quantitative estimate of drug-likeness (QED) is 0.339. The van der Waals surface area contributed by atoms with E-state index in [1.807, 2.05) is 0 Å². The van der Waals surface area contributed by atoms with Crippen molar-refractivity contribution < 1.29 is 28.9 Å². The minimum Gasteiger partial charge on any atom is -0.495 e. The van der Waals surface area contributed by atoms with Gasteiger partial charge in [-0.25, -0.2) is 4.98 Å². The first kappa shape index (κ1) is 23.3. The Kier molecular flexibility index (Phi) is 6.56. The number of hydrogen-bond donors (Lipinski definition) is 0. The van der Waals surface area contributed by atoms with Gasteiger partial charge in [-0.1, -0.05) is 11.3 Å². The van der Waals surface area contributed by atoms with Gasteiger partial charge < -0.3 is 14.2 Å². The Hall–Kier alpha value is -3.84. The molecule has 34 heavy (non-hydrogen) atoms. The van der Waals surface area contributed by atoms with Crippen LogP contribution < -0.4 is 14.4 Å². The number of methoxy groups -OCH3 is 2. The van der Waals surface area contributed by atoms with E-state index in [9.17, 15) is 25.0 Å². The Labute approximate surface area is 197 Å². The molecule has 13 heteroatoms. The summed E-state index contributed by atoms with van der Waals surface area (Å²) in [5, 5.41) is 22.9. The van der Waals surface area contributed by atoms with Crippen molar-refractivity contribution in [2.75, 3.05) is 32.3 Å². The van der Waals surface area contributed by atoms with Gasteiger partial charge in [-0.2, -0.15) is 0 Å². The molecule has 1 saturated heterocycles. The fourth-order valence-electron chi connectivity index (χ4n) is 3.71. The van der Waals surface area contributed by atoms with E-state index in [1.54, 1.807) is 12.1 Å². The normalized spacial score (nSPS) is 15.3. The number of thiazole rings is 1. The lowest BCUT2D eigenvalue weighted by atomic mass is 10.1. The van der Waals surface area contributed by atoms with Crippen LogP contribution in [-0.4, -0.2) is 54.2 Å². The van der Waals surface area contributed by atoms with E-state index >= 15 is 0 Å². The number of non-ortho nitro benzene ring substituents is 2. The van der Waals surface area contributed by atoms with Crippen LogP contribution in [0.1, 0.15) is 23.2 Å². The van der Waals surface area contributed by atoms with Gasteiger partial charge in [0.15, 0.2) is 5.13 Å². The van der Waals surface area contributed by atoms with Crippen molar-refractivity contribution in [2.45, 2.75) is 18.9 Å². The number of benzene rings is 2. The van der Waals surface area contributed by atoms with Gasteiger partial charge in [0.05, 0.1) is 48.3 Å². The molecular formula is C21H20N4O8S. The molecule has 1 aliphatic heterocycles. The Bertz CT molecular complexity index is 1200. The first-order valence-corrected chi connectivity index (χ1v) is 11.0. The Morgan fingerprint density at radius 3 is 2.35 bits per heavy atom. The SMILES string of the molecule is COc1ccc(OC)c2sc(N(CC3CCCO3)C(=O)c3cc([N+](=O)[O-])cc([N+](=O)[O-])c3)nc12. The number of carbonyl (C=O) groups excluding carboxylic acids is 1. The van der Waals surface area contributed by atoms with Gasteiger partial charge in [-0.3, -0.25) is 29.9 Å². The second kappa shape index (κ2) is 9.57. The topological polar surface area (TPSA) is 147 Å². The first-order valence-electron chi connectivity index (χ1n) is 10.2. The second-order valence-electron chi connectivity index (χ2n) is 7.45. The molecule has 1 aliphatic rings. The van der Waals surface area contributed by atoms with Crippen LogP contribution in [0.2, 0.25) is 0 Å². The summed E-state index contributed by atoms with van der Waals surface area (Å²) in [6, 6.07) is 6.27. The number of ether oxygens (including phenoxy) is 3. The number of nitro groups is 2. The van der Waals surface area contributed by atoms with Crippen LogP contribution >= 0.6 is 11.3 Å². The van der Waals surface area contributed by atoms with Crippen LogP contribution in [0.4, 0.5) is 16.5 Å². The third kappa shape index (κ3) is 4.47. The lowest BCUT2D eigenvalue weighted by Crippen LogP contribution is -2.37. The zero-order valence-corrected chi connectivity index (χ0v) is 19.1. The molecule has 1 atom stereocenters. The molecule has 0 radical (unpaired) electrons. The third-order valence-corrected chi connectivity index (χ3v) is 6.45. The number of rotatable bonds is 8. The van der Waals surface area contributed by atoms with Gasteiger partial charge in [0.25, 0.3) is 17.3 Å². The number of aromatic nitrogens is 1. The maximum Gasteiger partial charge on any atom is 0.277 e. The minimum absolute atomic E-state index is 0.125. The molecule has 12 nitrogen and oxygen atoms in total. The summed E-state index contributed by atoms with van der Waals surface area (Å²) in [7, 11) is 3.01. The van der Waals surface area contributed by atoms with Gasteiger partial charge in [0.2, 0.25) is 0 Å². The van der Waals surface area contributed by atoms with Crippen molar-refractivity contribution in [2.24, 2.45) is 0 Å². The molecule has 0 bridgehead atoms. The van der Waals surface area contributed by atoms with Crippen molar-refractivity contribution in [1.29, 1.82) is 0 Å². The summed E-state index contributed by atoms with van der Waals surface area (Å²) >= 11 is 1.18. The highest BCUT2D eigenvalue weighted by Crippen LogP contribution is 2.41. The van der Waals surface area contributed by atoms with Crippen molar-refractivity contribution >= 4 is 44.0 Å². The predicted octanol–water partition coefficient (Wildman–Crippen LogP) is 3.96. The average molecular weight is 488 g/mol. The van der Waals surface area contributed by atoms with E-state index in [0.717, 1.165) is 31.0 Å². The highest BCUT2D eigenvalue weighted by atomic mass is 32.1. The monoisotopic (exact) mass is 488 g/mol. The lowest BCUT2D eigenvalue weighted by molar-refractivity contribution is -0.394. The number of nitro benzene ring substituents is 2. The van der Waals surface area contributed by atoms with Crippen LogP contribution in [0.5, 0.6) is 11.5 Å². The fourth-order valence-corrected chi connectivity index (χ4v) is 4.80. The van der Waals surface area contributed by atoms with Crippen molar-refractivity contribution in [3.8, 4) is 11.5 Å². The van der Waals surface area contributed by atoms with Gasteiger partial charge in [-0.05, 0) is 25.0 Å². The van der Waals surface area contributed by atoms with Crippen molar-refractivity contribution in [1.82, 2.24) is 4.98 Å². The molecule has 0 aliphatic carbocycles. The maximum absolute atomic E-state index is 13.6. The molecule has 1 aromatic heterocycles. The van der Waals surface area contributed by atoms with E-state index in [2.05, 4.69) is 4.98 Å². The van der Waals surface area contributed by atoms with Crippen LogP contribution in [0.25, 0.3) is 10.2 Å². The molecule has 0 N–H and O–H groups in total. The largest absolute Gasteiger partial charge is 0.495 e. The van der Waals surface area contributed by atoms with Crippen LogP contribution in [0, 0.1) is 20.2 Å². The van der Waals surface area contributed by atoms with Crippen LogP contribution in [0.3, 0.4) is 0 Å². The summed E-state index contributed by atoms with van der Waals surface area (Å²) in [5.41, 5.74) is -0.821. The molecule has 1 unspecified atom stereocenters. The summed E-state index contributed by atoms with van der Waals surface area (Å²) in [5.74, 6) is 0.350. The zero-order valence-electron chi connectivity index (χ0n) is 18.3. The highest BCUT2D eigenvalue weighted by molar-refractivity contribution is 7.22. The number of nitrogens with zero attached hydrogens (tertiary/aromatic N) is 4. The molecule has 1 fully saturated rings. The van der Waals surface area contributed by atoms with Gasteiger partial charge >= 0.3 is 0 Å². The molecule has 3 aromatic rings. The lowest BCUT2D eigenvalue weighted by Gasteiger charge is -2.23. The molecule has 2 heterocycles. The second-order valence-corrected chi connectivity index (χ2v) is 8.42. The zero-order chi connectivity index (χ0) is 24.4. The number of anilines is 1. The molecule has 0 spiro atoms. The Balaban J connectivity index is 1.83. The van der Waals surface area contributed by atoms with Crippen molar-refractivity contribution in [3.63, 3.8) is 0 Å². The Morgan fingerprint density at radius 2 is 1.79 bits per heavy atom. The molecule has 0 saturated carbocycles. The average Bonchev–Trinajstić information content (AvgIpc) is 3.51. The van der Waals surface area contributed by atoms with Crippen molar-refractivity contribution in [3.05, 3.63) is 56.1 Å². The van der Waals surface area contributed by atoms with Gasteiger partial charge in [0, 0.05) is 18.7 Å². The summed E-state index contributed by atoms with van der Waals surface area (Å²) in [6.45, 7) is 0.677. The number of hydrogen-bond acceptors (Lipinski definition) is 10. The number of fused-ring (bicyclic) bond motifs is 1. The fraction of sp³-hybridized carbons (Fsp3) is 0.333. The van der Waals surface area contributed by atoms with Gasteiger partial charge in [-0.15, -0.1) is 0 Å². The maximum atomic E-state index is 13.6. The summed E-state index contributed by atoms with van der Waals surface area (Å²) < 4.78 is 17.2. The van der Waals surface area contributed by atoms with Crippen LogP contribution in [0.15, 0.2) is 30.3 Å². The standard InChI is InChI=1S/C21H20N4O8S/c1-31-16-5-6-17(32-2)19-18(16)22-21(34-19)23(11-15-4-3-7-33-15)20(26)12-8-13(24(27)28)10-14(9-12)25(29)30/h5-6,8-10,15H,3-4,7,11H2,1-2H3. The number of amides is 1. The molecular weight excluding hydrogens is 468 g/mol. The molecule has 4 rings (SSSR count). The van der Waals surface area contributed by atoms with Gasteiger partial charge in [0.1, 0.15) is 21.7 Å². The summed E-state index contributed by atoms with van der Waals surface area (Å²) in [4.78, 5) is 40.6. The summed E-state index contributed by atoms with van der Waals surface area (Å²) in [6.07, 6.45) is 1.28. The number of carbonyl (C=O) groups is 1. The van der Waals surface area contributed by atoms with E-state index in [-0.39, 0.29) is 23.3 Å². The highest BCUT2D eigenvalue weighted by Gasteiger charge is 2.30. The van der Waals surface area contributed by atoms with E-state index in [4.69, 9.17) is 14.2 Å². The third-order valence-electron chi connectivity index (χ3n) is 5.36. The minimum atomic E-state index is -0.776. The van der Waals surface area contributed by atoms with Crippen LogP contribution in [-0.2, 0) is 4.74 Å². The molecule has 1 amide bonds. The Morgan fingerprint density at radius 1 is 1.15 bits per heavy atom. The van der Waals surface area contributed by atoms with E-state index < -0.39 is 27.1 Å². The molecule has 2 aromatic carbocycles.